The number of aliphatic hydroxyl groups is 1. The van der Waals surface area contributed by atoms with E-state index in [1.807, 2.05) is 0 Å². The maximum Gasteiger partial charge on any atom is 0.0726 e. The molecule has 0 bridgehead atoms. The summed E-state index contributed by atoms with van der Waals surface area (Å²) in [6.45, 7) is 9.28. The Hall–Kier alpha value is -0.270. The number of halogens is 1. The molecule has 4 aliphatic rings. The van der Waals surface area contributed by atoms with Crippen LogP contribution < -0.4 is 0 Å². The van der Waals surface area contributed by atoms with Crippen LogP contribution in [0.4, 0.5) is 0 Å². The fraction of sp³-hybridized carbons (Fsp3) is 0.818. The summed E-state index contributed by atoms with van der Waals surface area (Å²) in [5.41, 5.74) is 1.22. The molecular formula is C22H33ClO. The average Bonchev–Trinajstić information content (AvgIpc) is 2.76. The second kappa shape index (κ2) is 5.36. The second-order valence-corrected chi connectivity index (χ2v) is 10.0. The lowest BCUT2D eigenvalue weighted by molar-refractivity contribution is -0.128. The van der Waals surface area contributed by atoms with Crippen molar-refractivity contribution in [1.82, 2.24) is 0 Å². The second-order valence-electron chi connectivity index (χ2n) is 9.60. The zero-order chi connectivity index (χ0) is 17.3. The molecule has 0 heterocycles. The first kappa shape index (κ1) is 17.2. The van der Waals surface area contributed by atoms with Gasteiger partial charge in [-0.3, -0.25) is 0 Å². The molecule has 0 aromatic heterocycles. The summed E-state index contributed by atoms with van der Waals surface area (Å²) >= 11 is 6.81. The monoisotopic (exact) mass is 348 g/mol. The van der Waals surface area contributed by atoms with Crippen molar-refractivity contribution in [2.75, 3.05) is 0 Å². The predicted octanol–water partition coefficient (Wildman–Crippen LogP) is 6.07. The van der Waals surface area contributed by atoms with Gasteiger partial charge in [0.25, 0.3) is 0 Å². The maximum atomic E-state index is 11.5. The first-order valence-corrected chi connectivity index (χ1v) is 10.5. The molecule has 2 fully saturated rings. The van der Waals surface area contributed by atoms with E-state index in [9.17, 15) is 5.11 Å². The minimum atomic E-state index is -0.507. The first-order valence-electron chi connectivity index (χ1n) is 10.1. The van der Waals surface area contributed by atoms with Crippen LogP contribution in [0, 0.1) is 34.5 Å². The fourth-order valence-electron chi connectivity index (χ4n) is 7.46. The molecule has 2 saturated carbocycles. The summed E-state index contributed by atoms with van der Waals surface area (Å²) in [5.74, 6) is 2.21. The molecule has 0 saturated heterocycles. The normalized spacial score (nSPS) is 53.6. The van der Waals surface area contributed by atoms with Gasteiger partial charge in [-0.25, -0.2) is 0 Å². The molecule has 1 N–H and O–H groups in total. The Balaban J connectivity index is 1.80. The highest BCUT2D eigenvalue weighted by molar-refractivity contribution is 6.32. The predicted molar refractivity (Wildman–Crippen MR) is 101 cm³/mol. The summed E-state index contributed by atoms with van der Waals surface area (Å²) in [7, 11) is 0. The SMILES string of the molecule is CC[C@@]1(O)[C@H](C)C[C@H]2[C@@H]3C=C(Cl)C4=CCCC[C@]4(C)[C@H]3CC[C@@]21C. The molecule has 2 heteroatoms. The lowest BCUT2D eigenvalue weighted by Gasteiger charge is -2.58. The van der Waals surface area contributed by atoms with Gasteiger partial charge in [0.05, 0.1) is 5.60 Å². The van der Waals surface area contributed by atoms with Gasteiger partial charge < -0.3 is 5.11 Å². The molecule has 4 aliphatic carbocycles. The van der Waals surface area contributed by atoms with Gasteiger partial charge in [-0.2, -0.15) is 0 Å². The van der Waals surface area contributed by atoms with E-state index in [-0.39, 0.29) is 10.8 Å². The molecule has 134 valence electrons. The van der Waals surface area contributed by atoms with E-state index >= 15 is 0 Å². The third kappa shape index (κ3) is 1.92. The van der Waals surface area contributed by atoms with Crippen molar-refractivity contribution in [2.24, 2.45) is 34.5 Å². The standard InChI is InChI=1S/C22H33ClO/c1-5-22(24)14(2)12-18-15-13-19(23)17-8-6-7-10-20(17,3)16(15)9-11-21(18,22)4/h8,13-16,18,24H,5-7,9-12H2,1-4H3/t14-,15-,16+,18+,20-,21+,22-/m1/s1. The third-order valence-corrected chi connectivity index (χ3v) is 9.28. The number of rotatable bonds is 1. The summed E-state index contributed by atoms with van der Waals surface area (Å²) in [6.07, 6.45) is 13.0. The minimum absolute atomic E-state index is 0.0439. The van der Waals surface area contributed by atoms with E-state index in [2.05, 4.69) is 39.8 Å². The molecule has 1 nitrogen and oxygen atoms in total. The Labute approximate surface area is 152 Å². The summed E-state index contributed by atoms with van der Waals surface area (Å²) < 4.78 is 0. The van der Waals surface area contributed by atoms with Crippen LogP contribution in [0.3, 0.4) is 0 Å². The van der Waals surface area contributed by atoms with Crippen LogP contribution in [0.15, 0.2) is 22.8 Å². The van der Waals surface area contributed by atoms with Gasteiger partial charge in [0.15, 0.2) is 0 Å². The van der Waals surface area contributed by atoms with Crippen LogP contribution in [0.2, 0.25) is 0 Å². The van der Waals surface area contributed by atoms with E-state index in [1.54, 1.807) is 0 Å². The zero-order valence-electron chi connectivity index (χ0n) is 15.7. The molecule has 7 atom stereocenters. The van der Waals surface area contributed by atoms with Crippen molar-refractivity contribution < 1.29 is 5.11 Å². The third-order valence-electron chi connectivity index (χ3n) is 8.95. The number of fused-ring (bicyclic) bond motifs is 5. The van der Waals surface area contributed by atoms with Crippen LogP contribution >= 0.6 is 11.6 Å². The van der Waals surface area contributed by atoms with Crippen LogP contribution in [0.25, 0.3) is 0 Å². The Morgan fingerprint density at radius 2 is 2.00 bits per heavy atom. The Kier molecular flexibility index (Phi) is 3.84. The maximum absolute atomic E-state index is 11.5. The molecule has 0 amide bonds. The van der Waals surface area contributed by atoms with Crippen molar-refractivity contribution >= 4 is 11.6 Å². The first-order chi connectivity index (χ1) is 11.3. The van der Waals surface area contributed by atoms with Crippen LogP contribution in [-0.4, -0.2) is 10.7 Å². The lowest BCUT2D eigenvalue weighted by Crippen LogP contribution is -2.54. The van der Waals surface area contributed by atoms with Crippen molar-refractivity contribution in [3.8, 4) is 0 Å². The Morgan fingerprint density at radius 3 is 2.71 bits per heavy atom. The van der Waals surface area contributed by atoms with E-state index < -0.39 is 5.60 Å². The van der Waals surface area contributed by atoms with E-state index in [0.717, 1.165) is 17.9 Å². The molecule has 24 heavy (non-hydrogen) atoms. The van der Waals surface area contributed by atoms with E-state index in [0.29, 0.717) is 23.7 Å². The van der Waals surface area contributed by atoms with Crippen LogP contribution in [-0.2, 0) is 0 Å². The van der Waals surface area contributed by atoms with Crippen molar-refractivity contribution in [2.45, 2.75) is 78.2 Å². The number of hydrogen-bond donors (Lipinski definition) is 1. The molecular weight excluding hydrogens is 316 g/mol. The van der Waals surface area contributed by atoms with Gasteiger partial charge in [-0.05, 0) is 85.0 Å². The quantitative estimate of drug-likeness (QED) is 0.609. The molecule has 0 spiro atoms. The van der Waals surface area contributed by atoms with Gasteiger partial charge in [-0.15, -0.1) is 0 Å². The summed E-state index contributed by atoms with van der Waals surface area (Å²) in [6, 6.07) is 0. The van der Waals surface area contributed by atoms with Gasteiger partial charge >= 0.3 is 0 Å². The molecule has 0 radical (unpaired) electrons. The van der Waals surface area contributed by atoms with Crippen molar-refractivity contribution in [3.05, 3.63) is 22.8 Å². The number of hydrogen-bond acceptors (Lipinski definition) is 1. The zero-order valence-corrected chi connectivity index (χ0v) is 16.5. The molecule has 0 aromatic carbocycles. The largest absolute Gasteiger partial charge is 0.389 e. The highest BCUT2D eigenvalue weighted by Gasteiger charge is 2.65. The fourth-order valence-corrected chi connectivity index (χ4v) is 7.90. The molecule has 4 rings (SSSR count). The van der Waals surface area contributed by atoms with Gasteiger partial charge in [0.1, 0.15) is 0 Å². The van der Waals surface area contributed by atoms with Crippen LogP contribution in [0.1, 0.15) is 72.6 Å². The van der Waals surface area contributed by atoms with Gasteiger partial charge in [0, 0.05) is 5.03 Å². The molecule has 0 unspecified atom stereocenters. The van der Waals surface area contributed by atoms with Gasteiger partial charge in [-0.1, -0.05) is 51.4 Å². The molecule has 0 aromatic rings. The minimum Gasteiger partial charge on any atom is -0.389 e. The van der Waals surface area contributed by atoms with Gasteiger partial charge in [0.2, 0.25) is 0 Å². The van der Waals surface area contributed by atoms with E-state index in [4.69, 9.17) is 11.6 Å². The topological polar surface area (TPSA) is 20.2 Å². The van der Waals surface area contributed by atoms with Crippen molar-refractivity contribution in [3.63, 3.8) is 0 Å². The summed E-state index contributed by atoms with van der Waals surface area (Å²) in [4.78, 5) is 0. The molecule has 0 aliphatic heterocycles. The smallest absolute Gasteiger partial charge is 0.0726 e. The Morgan fingerprint density at radius 1 is 1.25 bits per heavy atom. The number of allylic oxidation sites excluding steroid dienone is 4. The highest BCUT2D eigenvalue weighted by atomic mass is 35.5. The lowest BCUT2D eigenvalue weighted by atomic mass is 9.48. The summed E-state index contributed by atoms with van der Waals surface area (Å²) in [5, 5.41) is 12.5. The Bertz CT molecular complexity index is 607. The van der Waals surface area contributed by atoms with Crippen LogP contribution in [0.5, 0.6) is 0 Å². The highest BCUT2D eigenvalue weighted by Crippen LogP contribution is 2.68. The van der Waals surface area contributed by atoms with E-state index in [1.165, 1.54) is 37.7 Å². The van der Waals surface area contributed by atoms with Crippen molar-refractivity contribution in [1.29, 1.82) is 0 Å². The average molecular weight is 349 g/mol.